The standard InChI is InChI=1S/C7H8N2O2.C2H7N.C2H4/c1-5-4-6(9(10)11)2-3-7(5)8;1-3-2;1-2/h2-4H,8H2,1H3;3H,1-2H3;1-2H2/p+1. The molecule has 5 heteroatoms. The van der Waals surface area contributed by atoms with Crippen molar-refractivity contribution in [1.29, 1.82) is 0 Å². The van der Waals surface area contributed by atoms with Gasteiger partial charge in [0, 0.05) is 17.8 Å². The Morgan fingerprint density at radius 3 is 2.12 bits per heavy atom. The Hall–Kier alpha value is -1.88. The molecule has 0 amide bonds. The molecule has 0 heterocycles. The second-order valence-corrected chi connectivity index (χ2v) is 2.88. The average molecular weight is 226 g/mol. The first-order valence-electron chi connectivity index (χ1n) is 4.77. The summed E-state index contributed by atoms with van der Waals surface area (Å²) in [6.45, 7) is 7.74. The fourth-order valence-corrected chi connectivity index (χ4v) is 0.773. The number of aryl methyl sites for hydroxylation is 1. The van der Waals surface area contributed by atoms with Crippen LogP contribution in [0.15, 0.2) is 31.4 Å². The maximum atomic E-state index is 10.2. The van der Waals surface area contributed by atoms with Crippen molar-refractivity contribution in [2.75, 3.05) is 19.8 Å². The van der Waals surface area contributed by atoms with Crippen LogP contribution >= 0.6 is 0 Å². The lowest BCUT2D eigenvalue weighted by molar-refractivity contribution is -0.597. The number of quaternary nitrogens is 1. The van der Waals surface area contributed by atoms with Gasteiger partial charge < -0.3 is 11.1 Å². The van der Waals surface area contributed by atoms with Gasteiger partial charge in [-0.05, 0) is 18.6 Å². The zero-order valence-corrected chi connectivity index (χ0v) is 10.1. The van der Waals surface area contributed by atoms with Gasteiger partial charge in [-0.1, -0.05) is 0 Å². The van der Waals surface area contributed by atoms with Gasteiger partial charge in [0.05, 0.1) is 19.0 Å². The minimum atomic E-state index is -0.438. The van der Waals surface area contributed by atoms with E-state index in [2.05, 4.69) is 13.2 Å². The number of anilines is 1. The third-order valence-corrected chi connectivity index (χ3v) is 1.46. The maximum absolute atomic E-state index is 10.2. The van der Waals surface area contributed by atoms with Crippen molar-refractivity contribution in [2.24, 2.45) is 0 Å². The highest BCUT2D eigenvalue weighted by Crippen LogP contribution is 2.17. The van der Waals surface area contributed by atoms with E-state index in [4.69, 9.17) is 5.73 Å². The van der Waals surface area contributed by atoms with E-state index >= 15 is 0 Å². The summed E-state index contributed by atoms with van der Waals surface area (Å²) in [7, 11) is 4.00. The fraction of sp³-hybridized carbons (Fsp3) is 0.273. The summed E-state index contributed by atoms with van der Waals surface area (Å²) in [6, 6.07) is 4.38. The van der Waals surface area contributed by atoms with Crippen LogP contribution < -0.4 is 11.1 Å². The van der Waals surface area contributed by atoms with E-state index in [0.29, 0.717) is 5.69 Å². The Morgan fingerprint density at radius 1 is 1.38 bits per heavy atom. The summed E-state index contributed by atoms with van der Waals surface area (Å²) in [6.07, 6.45) is 0. The molecule has 0 aliphatic heterocycles. The lowest BCUT2D eigenvalue weighted by atomic mass is 10.2. The Bertz CT molecular complexity index is 327. The number of nitrogens with zero attached hydrogens (tertiary/aromatic N) is 1. The van der Waals surface area contributed by atoms with Gasteiger partial charge in [-0.3, -0.25) is 10.1 Å². The van der Waals surface area contributed by atoms with Crippen molar-refractivity contribution in [3.8, 4) is 0 Å². The molecule has 1 rings (SSSR count). The van der Waals surface area contributed by atoms with Gasteiger partial charge in [0.25, 0.3) is 5.69 Å². The minimum Gasteiger partial charge on any atom is -0.399 e. The van der Waals surface area contributed by atoms with E-state index in [-0.39, 0.29) is 5.69 Å². The lowest BCUT2D eigenvalue weighted by Gasteiger charge is -1.97. The van der Waals surface area contributed by atoms with Gasteiger partial charge >= 0.3 is 0 Å². The molecule has 0 fully saturated rings. The summed E-state index contributed by atoms with van der Waals surface area (Å²) in [5.74, 6) is 0. The number of nitro benzene ring substituents is 1. The van der Waals surface area contributed by atoms with Gasteiger partial charge in [0.1, 0.15) is 0 Å². The Kier molecular flexibility index (Phi) is 10.00. The number of rotatable bonds is 1. The van der Waals surface area contributed by atoms with E-state index in [1.54, 1.807) is 6.92 Å². The molecule has 0 bridgehead atoms. The van der Waals surface area contributed by atoms with Gasteiger partial charge in [0.2, 0.25) is 0 Å². The molecule has 0 unspecified atom stereocenters. The third-order valence-electron chi connectivity index (χ3n) is 1.46. The van der Waals surface area contributed by atoms with Gasteiger partial charge in [-0.15, -0.1) is 13.2 Å². The van der Waals surface area contributed by atoms with Crippen LogP contribution in [0.3, 0.4) is 0 Å². The van der Waals surface area contributed by atoms with Crippen molar-refractivity contribution < 1.29 is 10.2 Å². The summed E-state index contributed by atoms with van der Waals surface area (Å²) in [5, 5.41) is 12.2. The Morgan fingerprint density at radius 2 is 1.81 bits per heavy atom. The number of nitrogens with two attached hydrogens (primary N) is 2. The van der Waals surface area contributed by atoms with Crippen LogP contribution in [0.4, 0.5) is 11.4 Å². The van der Waals surface area contributed by atoms with Crippen LogP contribution in [-0.4, -0.2) is 19.0 Å². The summed E-state index contributed by atoms with van der Waals surface area (Å²) in [5.41, 5.74) is 6.86. The van der Waals surface area contributed by atoms with E-state index < -0.39 is 4.92 Å². The highest BCUT2D eigenvalue weighted by Gasteiger charge is 2.04. The summed E-state index contributed by atoms with van der Waals surface area (Å²) in [4.78, 5) is 9.79. The molecule has 0 saturated carbocycles. The summed E-state index contributed by atoms with van der Waals surface area (Å²) >= 11 is 0. The predicted molar refractivity (Wildman–Crippen MR) is 67.3 cm³/mol. The van der Waals surface area contributed by atoms with Crippen molar-refractivity contribution in [2.45, 2.75) is 6.92 Å². The average Bonchev–Trinajstić information content (AvgIpc) is 2.26. The van der Waals surface area contributed by atoms with E-state index in [1.807, 2.05) is 19.4 Å². The molecule has 0 aliphatic carbocycles. The number of non-ortho nitro benzene ring substituents is 1. The number of benzene rings is 1. The van der Waals surface area contributed by atoms with E-state index in [9.17, 15) is 10.1 Å². The van der Waals surface area contributed by atoms with Crippen molar-refractivity contribution >= 4 is 11.4 Å². The molecule has 16 heavy (non-hydrogen) atoms. The zero-order chi connectivity index (χ0) is 13.1. The quantitative estimate of drug-likeness (QED) is 0.325. The van der Waals surface area contributed by atoms with Gasteiger partial charge in [0.15, 0.2) is 0 Å². The van der Waals surface area contributed by atoms with E-state index in [1.165, 1.54) is 18.2 Å². The second kappa shape index (κ2) is 9.67. The molecule has 1 aromatic carbocycles. The lowest BCUT2D eigenvalue weighted by Crippen LogP contribution is -2.74. The molecule has 0 spiro atoms. The number of nitrogen functional groups attached to an aromatic ring is 1. The minimum absolute atomic E-state index is 0.0803. The second-order valence-electron chi connectivity index (χ2n) is 2.88. The smallest absolute Gasteiger partial charge is 0.269 e. The first-order valence-corrected chi connectivity index (χ1v) is 4.77. The molecule has 90 valence electrons. The molecular weight excluding hydrogens is 206 g/mol. The molecule has 0 saturated heterocycles. The molecule has 0 aliphatic rings. The zero-order valence-electron chi connectivity index (χ0n) is 10.1. The highest BCUT2D eigenvalue weighted by atomic mass is 16.6. The molecular formula is C11H20N3O2+. The van der Waals surface area contributed by atoms with Crippen molar-refractivity contribution in [1.82, 2.24) is 0 Å². The van der Waals surface area contributed by atoms with Crippen LogP contribution in [0.25, 0.3) is 0 Å². The first kappa shape index (κ1) is 16.5. The van der Waals surface area contributed by atoms with Gasteiger partial charge in [-0.25, -0.2) is 0 Å². The van der Waals surface area contributed by atoms with Crippen LogP contribution in [0.5, 0.6) is 0 Å². The predicted octanol–water partition coefficient (Wildman–Crippen LogP) is 1.10. The van der Waals surface area contributed by atoms with Crippen LogP contribution in [0.2, 0.25) is 0 Å². The van der Waals surface area contributed by atoms with Crippen LogP contribution in [-0.2, 0) is 0 Å². The first-order chi connectivity index (χ1) is 7.52. The monoisotopic (exact) mass is 226 g/mol. The molecule has 5 nitrogen and oxygen atoms in total. The van der Waals surface area contributed by atoms with Gasteiger partial charge in [-0.2, -0.15) is 0 Å². The SMILES string of the molecule is C=C.C[NH2+]C.Cc1cc([N+](=O)[O-])ccc1N. The topological polar surface area (TPSA) is 85.8 Å². The normalized spacial score (nSPS) is 7.94. The molecule has 0 atom stereocenters. The highest BCUT2D eigenvalue weighted by molar-refractivity contribution is 5.51. The van der Waals surface area contributed by atoms with E-state index in [0.717, 1.165) is 5.56 Å². The Labute approximate surface area is 96.1 Å². The number of hydrogen-bond acceptors (Lipinski definition) is 3. The number of hydrogen-bond donors (Lipinski definition) is 2. The molecule has 0 aromatic heterocycles. The molecule has 1 aromatic rings. The Balaban J connectivity index is 0. The van der Waals surface area contributed by atoms with Crippen molar-refractivity contribution in [3.05, 3.63) is 47.0 Å². The van der Waals surface area contributed by atoms with Crippen LogP contribution in [0, 0.1) is 17.0 Å². The molecule has 0 radical (unpaired) electrons. The maximum Gasteiger partial charge on any atom is 0.269 e. The third kappa shape index (κ3) is 6.56. The van der Waals surface area contributed by atoms with Crippen molar-refractivity contribution in [3.63, 3.8) is 0 Å². The largest absolute Gasteiger partial charge is 0.399 e. The number of nitro groups is 1. The fourth-order valence-electron chi connectivity index (χ4n) is 0.773. The summed E-state index contributed by atoms with van der Waals surface area (Å²) < 4.78 is 0. The van der Waals surface area contributed by atoms with Crippen LogP contribution in [0.1, 0.15) is 5.56 Å². The molecule has 4 N–H and O–H groups in total.